The molecule has 2 amide bonds. The average Bonchev–Trinajstić information content (AvgIpc) is 2.91. The minimum atomic E-state index is -0.755. The van der Waals surface area contributed by atoms with E-state index in [-0.39, 0.29) is 24.7 Å². The summed E-state index contributed by atoms with van der Waals surface area (Å²) < 4.78 is 24.1. The van der Waals surface area contributed by atoms with E-state index in [9.17, 15) is 14.0 Å². The maximum Gasteiger partial charge on any atom is 0.328 e. The largest absolute Gasteiger partial charge is 0.485 e. The van der Waals surface area contributed by atoms with Gasteiger partial charge in [-0.3, -0.25) is 0 Å². The number of halogens is 1. The van der Waals surface area contributed by atoms with Gasteiger partial charge in [-0.2, -0.15) is 0 Å². The van der Waals surface area contributed by atoms with Crippen molar-refractivity contribution in [1.82, 2.24) is 10.2 Å². The standard InChI is InChI=1S/C17H23FN2O4/c1-17(2,3)19-16(22)20-10-11(9-13(20)15(21)23-4)24-14-8-6-5-7-12(14)18/h5-8,11,13H,9-10H2,1-4H3,(H,19,22)/t11-,13-/m0/s1. The Morgan fingerprint density at radius 3 is 2.54 bits per heavy atom. The van der Waals surface area contributed by atoms with Crippen molar-refractivity contribution < 1.29 is 23.5 Å². The van der Waals surface area contributed by atoms with Gasteiger partial charge in [-0.15, -0.1) is 0 Å². The van der Waals surface area contributed by atoms with Gasteiger partial charge in [-0.25, -0.2) is 14.0 Å². The van der Waals surface area contributed by atoms with Gasteiger partial charge in [0, 0.05) is 12.0 Å². The Balaban J connectivity index is 2.13. The lowest BCUT2D eigenvalue weighted by atomic mass is 10.1. The van der Waals surface area contributed by atoms with E-state index in [2.05, 4.69) is 5.32 Å². The molecular weight excluding hydrogens is 315 g/mol. The van der Waals surface area contributed by atoms with Gasteiger partial charge in [0.2, 0.25) is 0 Å². The van der Waals surface area contributed by atoms with E-state index in [0.717, 1.165) is 0 Å². The van der Waals surface area contributed by atoms with E-state index in [0.29, 0.717) is 0 Å². The van der Waals surface area contributed by atoms with E-state index >= 15 is 0 Å². The number of esters is 1. The zero-order valence-electron chi connectivity index (χ0n) is 14.3. The lowest BCUT2D eigenvalue weighted by molar-refractivity contribution is -0.145. The summed E-state index contributed by atoms with van der Waals surface area (Å²) >= 11 is 0. The fraction of sp³-hybridized carbons (Fsp3) is 0.529. The zero-order valence-corrected chi connectivity index (χ0v) is 14.3. The molecule has 24 heavy (non-hydrogen) atoms. The van der Waals surface area contributed by atoms with Gasteiger partial charge >= 0.3 is 12.0 Å². The zero-order chi connectivity index (χ0) is 17.9. The fourth-order valence-corrected chi connectivity index (χ4v) is 2.58. The number of carbonyl (C=O) groups excluding carboxylic acids is 2. The quantitative estimate of drug-likeness (QED) is 0.859. The molecule has 0 aliphatic carbocycles. The number of benzene rings is 1. The number of carbonyl (C=O) groups is 2. The third-order valence-electron chi connectivity index (χ3n) is 3.61. The first kappa shape index (κ1) is 18.0. The topological polar surface area (TPSA) is 67.9 Å². The predicted molar refractivity (Wildman–Crippen MR) is 86.2 cm³/mol. The van der Waals surface area contributed by atoms with Crippen LogP contribution in [0.15, 0.2) is 24.3 Å². The molecule has 2 atom stereocenters. The van der Waals surface area contributed by atoms with Crippen molar-refractivity contribution in [2.45, 2.75) is 44.9 Å². The van der Waals surface area contributed by atoms with E-state index in [4.69, 9.17) is 9.47 Å². The van der Waals surface area contributed by atoms with Crippen LogP contribution in [0, 0.1) is 5.82 Å². The van der Waals surface area contributed by atoms with Crippen LogP contribution >= 0.6 is 0 Å². The van der Waals surface area contributed by atoms with Crippen LogP contribution in [0.2, 0.25) is 0 Å². The minimum Gasteiger partial charge on any atom is -0.485 e. The van der Waals surface area contributed by atoms with E-state index in [1.165, 1.54) is 24.1 Å². The van der Waals surface area contributed by atoms with E-state index in [1.54, 1.807) is 12.1 Å². The van der Waals surface area contributed by atoms with Crippen LogP contribution in [0.1, 0.15) is 27.2 Å². The Morgan fingerprint density at radius 2 is 1.96 bits per heavy atom. The first-order chi connectivity index (χ1) is 11.2. The molecule has 132 valence electrons. The number of nitrogens with one attached hydrogen (secondary N) is 1. The second kappa shape index (κ2) is 7.07. The maximum atomic E-state index is 13.7. The van der Waals surface area contributed by atoms with Crippen LogP contribution < -0.4 is 10.1 Å². The van der Waals surface area contributed by atoms with E-state index < -0.39 is 29.5 Å². The summed E-state index contributed by atoms with van der Waals surface area (Å²) in [6.07, 6.45) is -0.241. The fourth-order valence-electron chi connectivity index (χ4n) is 2.58. The van der Waals surface area contributed by atoms with Gasteiger partial charge in [0.1, 0.15) is 12.1 Å². The number of para-hydroxylation sites is 1. The van der Waals surface area contributed by atoms with Crippen LogP contribution in [-0.2, 0) is 9.53 Å². The number of likely N-dealkylation sites (tertiary alicyclic amines) is 1. The van der Waals surface area contributed by atoms with Gasteiger partial charge in [-0.1, -0.05) is 12.1 Å². The average molecular weight is 338 g/mol. The summed E-state index contributed by atoms with van der Waals surface area (Å²) in [6, 6.07) is 4.91. The van der Waals surface area contributed by atoms with Crippen molar-refractivity contribution in [3.63, 3.8) is 0 Å². The first-order valence-electron chi connectivity index (χ1n) is 7.79. The smallest absolute Gasteiger partial charge is 0.328 e. The predicted octanol–water partition coefficient (Wildman–Crippen LogP) is 2.33. The Labute approximate surface area is 140 Å². The Bertz CT molecular complexity index is 615. The SMILES string of the molecule is COC(=O)[C@@H]1C[C@H](Oc2ccccc2F)CN1C(=O)NC(C)(C)C. The highest BCUT2D eigenvalue weighted by Crippen LogP contribution is 2.26. The van der Waals surface area contributed by atoms with Crippen molar-refractivity contribution in [2.75, 3.05) is 13.7 Å². The molecule has 0 saturated carbocycles. The number of rotatable bonds is 3. The number of hydrogen-bond acceptors (Lipinski definition) is 4. The molecule has 1 fully saturated rings. The van der Waals surface area contributed by atoms with Crippen molar-refractivity contribution in [2.24, 2.45) is 0 Å². The van der Waals surface area contributed by atoms with Crippen LogP contribution in [0.5, 0.6) is 5.75 Å². The molecule has 1 aromatic rings. The summed E-state index contributed by atoms with van der Waals surface area (Å²) in [6.45, 7) is 5.72. The summed E-state index contributed by atoms with van der Waals surface area (Å²) in [7, 11) is 1.27. The normalized spacial score (nSPS) is 20.6. The molecule has 1 aromatic carbocycles. The monoisotopic (exact) mass is 338 g/mol. The molecular formula is C17H23FN2O4. The van der Waals surface area contributed by atoms with Gasteiger partial charge in [0.15, 0.2) is 11.6 Å². The Morgan fingerprint density at radius 1 is 1.29 bits per heavy atom. The van der Waals surface area contributed by atoms with Gasteiger partial charge in [0.05, 0.1) is 13.7 Å². The molecule has 1 aliphatic rings. The second-order valence-electron chi connectivity index (χ2n) is 6.78. The molecule has 1 saturated heterocycles. The highest BCUT2D eigenvalue weighted by Gasteiger charge is 2.42. The summed E-state index contributed by atoms with van der Waals surface area (Å²) in [4.78, 5) is 25.8. The molecule has 7 heteroatoms. The van der Waals surface area contributed by atoms with Crippen LogP contribution in [0.3, 0.4) is 0 Å². The number of ether oxygens (including phenoxy) is 2. The number of nitrogens with zero attached hydrogens (tertiary/aromatic N) is 1. The van der Waals surface area contributed by atoms with Crippen molar-refractivity contribution >= 4 is 12.0 Å². The molecule has 0 spiro atoms. The lowest BCUT2D eigenvalue weighted by Crippen LogP contribution is -2.52. The van der Waals surface area contributed by atoms with Crippen LogP contribution in [0.25, 0.3) is 0 Å². The number of methoxy groups -OCH3 is 1. The second-order valence-corrected chi connectivity index (χ2v) is 6.78. The number of hydrogen-bond donors (Lipinski definition) is 1. The molecule has 1 heterocycles. The summed E-state index contributed by atoms with van der Waals surface area (Å²) in [5, 5.41) is 2.82. The minimum absolute atomic E-state index is 0.101. The van der Waals surface area contributed by atoms with Gasteiger partial charge < -0.3 is 19.7 Å². The lowest BCUT2D eigenvalue weighted by Gasteiger charge is -2.28. The highest BCUT2D eigenvalue weighted by atomic mass is 19.1. The number of amides is 2. The Hall–Kier alpha value is -2.31. The van der Waals surface area contributed by atoms with Crippen LogP contribution in [-0.4, -0.2) is 48.2 Å². The third kappa shape index (κ3) is 4.37. The molecule has 1 aliphatic heterocycles. The maximum absolute atomic E-state index is 13.7. The number of urea groups is 1. The van der Waals surface area contributed by atoms with Gasteiger partial charge in [-0.05, 0) is 32.9 Å². The third-order valence-corrected chi connectivity index (χ3v) is 3.61. The summed E-state index contributed by atoms with van der Waals surface area (Å²) in [5.74, 6) is -0.896. The molecule has 2 rings (SSSR count). The highest BCUT2D eigenvalue weighted by molar-refractivity contribution is 5.84. The molecule has 0 bridgehead atoms. The summed E-state index contributed by atoms with van der Waals surface area (Å²) in [5.41, 5.74) is -0.442. The van der Waals surface area contributed by atoms with Crippen molar-refractivity contribution in [3.05, 3.63) is 30.1 Å². The van der Waals surface area contributed by atoms with E-state index in [1.807, 2.05) is 20.8 Å². The van der Waals surface area contributed by atoms with Crippen LogP contribution in [0.4, 0.5) is 9.18 Å². The van der Waals surface area contributed by atoms with Crippen molar-refractivity contribution in [3.8, 4) is 5.75 Å². The van der Waals surface area contributed by atoms with Gasteiger partial charge in [0.25, 0.3) is 0 Å². The molecule has 0 unspecified atom stereocenters. The molecule has 0 aromatic heterocycles. The Kier molecular flexibility index (Phi) is 5.31. The van der Waals surface area contributed by atoms with Crippen molar-refractivity contribution in [1.29, 1.82) is 0 Å². The first-order valence-corrected chi connectivity index (χ1v) is 7.79. The molecule has 1 N–H and O–H groups in total. The molecule has 6 nitrogen and oxygen atoms in total. The molecule has 0 radical (unpaired) electrons.